The van der Waals surface area contributed by atoms with Crippen molar-refractivity contribution >= 4 is 21.9 Å². The van der Waals surface area contributed by atoms with E-state index in [1.165, 1.54) is 12.1 Å². The Balaban J connectivity index is 1.51. The standard InChI is InChI=1S/C24H18FN7/c1-13-5-14(7-16(25)6-13)18-10-26-11-22-17(18)8-21(28-22)24-23-20(30-31-24)4-3-19(29-23)15-9-27-32(2)12-15/h3-12,28H,1-2H3,(H,30,31). The Morgan fingerprint density at radius 1 is 0.969 bits per heavy atom. The van der Waals surface area contributed by atoms with Crippen molar-refractivity contribution in [2.45, 2.75) is 6.92 Å². The number of fused-ring (bicyclic) bond motifs is 2. The molecule has 0 aliphatic rings. The van der Waals surface area contributed by atoms with Crippen LogP contribution in [0.1, 0.15) is 5.56 Å². The molecule has 156 valence electrons. The zero-order valence-corrected chi connectivity index (χ0v) is 17.4. The van der Waals surface area contributed by atoms with Gasteiger partial charge in [-0.2, -0.15) is 10.2 Å². The van der Waals surface area contributed by atoms with E-state index in [2.05, 4.69) is 25.3 Å². The minimum absolute atomic E-state index is 0.266. The molecule has 0 saturated heterocycles. The first-order valence-corrected chi connectivity index (χ1v) is 10.1. The Kier molecular flexibility index (Phi) is 3.94. The molecular weight excluding hydrogens is 405 g/mol. The SMILES string of the molecule is Cc1cc(F)cc(-c2cncc3[nH]c(-c4n[nH]c5ccc(-c6cnn(C)c6)nc45)cc23)c1. The number of aryl methyl sites for hydroxylation is 2. The molecule has 0 fully saturated rings. The Labute approximate surface area is 182 Å². The fourth-order valence-corrected chi connectivity index (χ4v) is 4.10. The lowest BCUT2D eigenvalue weighted by Gasteiger charge is -2.05. The lowest BCUT2D eigenvalue weighted by Crippen LogP contribution is -1.86. The summed E-state index contributed by atoms with van der Waals surface area (Å²) in [4.78, 5) is 12.6. The van der Waals surface area contributed by atoms with Crippen LogP contribution in [-0.4, -0.2) is 34.9 Å². The molecule has 6 rings (SSSR count). The molecule has 1 aromatic carbocycles. The average Bonchev–Trinajstić information content (AvgIpc) is 3.49. The van der Waals surface area contributed by atoms with Crippen molar-refractivity contribution in [1.29, 1.82) is 0 Å². The summed E-state index contributed by atoms with van der Waals surface area (Å²) in [5, 5.41) is 12.7. The van der Waals surface area contributed by atoms with Crippen LogP contribution in [0.5, 0.6) is 0 Å². The zero-order chi connectivity index (χ0) is 21.8. The fourth-order valence-electron chi connectivity index (χ4n) is 4.10. The van der Waals surface area contributed by atoms with Gasteiger partial charge >= 0.3 is 0 Å². The number of hydrogen-bond acceptors (Lipinski definition) is 4. The molecule has 0 amide bonds. The number of nitrogens with one attached hydrogen (secondary N) is 2. The zero-order valence-electron chi connectivity index (χ0n) is 17.4. The first-order valence-electron chi connectivity index (χ1n) is 10.1. The van der Waals surface area contributed by atoms with E-state index in [1.54, 1.807) is 23.3 Å². The number of pyridine rings is 2. The van der Waals surface area contributed by atoms with Crippen LogP contribution in [-0.2, 0) is 7.05 Å². The lowest BCUT2D eigenvalue weighted by atomic mass is 10.0. The van der Waals surface area contributed by atoms with Gasteiger partial charge in [-0.15, -0.1) is 0 Å². The van der Waals surface area contributed by atoms with Crippen LogP contribution >= 0.6 is 0 Å². The van der Waals surface area contributed by atoms with Gasteiger partial charge in [0.05, 0.1) is 34.8 Å². The van der Waals surface area contributed by atoms with E-state index in [4.69, 9.17) is 4.98 Å². The molecule has 0 atom stereocenters. The van der Waals surface area contributed by atoms with Crippen LogP contribution in [0.25, 0.3) is 55.7 Å². The Morgan fingerprint density at radius 2 is 1.88 bits per heavy atom. The third kappa shape index (κ3) is 2.96. The van der Waals surface area contributed by atoms with E-state index < -0.39 is 0 Å². The number of nitrogens with zero attached hydrogens (tertiary/aromatic N) is 5. The third-order valence-electron chi connectivity index (χ3n) is 5.56. The maximum absolute atomic E-state index is 14.0. The molecule has 5 heterocycles. The molecule has 32 heavy (non-hydrogen) atoms. The first-order chi connectivity index (χ1) is 15.5. The highest BCUT2D eigenvalue weighted by atomic mass is 19.1. The van der Waals surface area contributed by atoms with Crippen LogP contribution in [0.2, 0.25) is 0 Å². The van der Waals surface area contributed by atoms with Gasteiger partial charge in [0.2, 0.25) is 0 Å². The van der Waals surface area contributed by atoms with Gasteiger partial charge in [-0.1, -0.05) is 6.07 Å². The number of hydrogen-bond donors (Lipinski definition) is 2. The summed E-state index contributed by atoms with van der Waals surface area (Å²) in [5.74, 6) is -0.266. The molecule has 0 spiro atoms. The Morgan fingerprint density at radius 3 is 2.69 bits per heavy atom. The van der Waals surface area contributed by atoms with Crippen molar-refractivity contribution in [3.63, 3.8) is 0 Å². The average molecular weight is 423 g/mol. The number of halogens is 1. The van der Waals surface area contributed by atoms with Gasteiger partial charge in [0.1, 0.15) is 17.0 Å². The third-order valence-corrected chi connectivity index (χ3v) is 5.56. The summed E-state index contributed by atoms with van der Waals surface area (Å²) in [6, 6.07) is 10.9. The van der Waals surface area contributed by atoms with Gasteiger partial charge in [0.25, 0.3) is 0 Å². The van der Waals surface area contributed by atoms with Crippen molar-refractivity contribution in [1.82, 2.24) is 34.9 Å². The second-order valence-corrected chi connectivity index (χ2v) is 7.92. The van der Waals surface area contributed by atoms with Crippen molar-refractivity contribution in [3.05, 3.63) is 72.6 Å². The molecular formula is C24H18FN7. The van der Waals surface area contributed by atoms with E-state index in [0.29, 0.717) is 5.69 Å². The molecule has 5 aromatic heterocycles. The van der Waals surface area contributed by atoms with Crippen LogP contribution in [0, 0.1) is 12.7 Å². The molecule has 0 aliphatic heterocycles. The molecule has 6 aromatic rings. The Hall–Kier alpha value is -4.33. The Bertz CT molecular complexity index is 1600. The molecule has 0 unspecified atom stereocenters. The second kappa shape index (κ2) is 6.84. The molecule has 0 saturated carbocycles. The largest absolute Gasteiger partial charge is 0.352 e. The smallest absolute Gasteiger partial charge is 0.135 e. The summed E-state index contributed by atoms with van der Waals surface area (Å²) < 4.78 is 15.8. The van der Waals surface area contributed by atoms with Gasteiger partial charge in [-0.25, -0.2) is 9.37 Å². The van der Waals surface area contributed by atoms with Crippen molar-refractivity contribution in [2.24, 2.45) is 7.05 Å². The van der Waals surface area contributed by atoms with Gasteiger partial charge in [0, 0.05) is 36.0 Å². The predicted octanol–water partition coefficient (Wildman–Crippen LogP) is 5.02. The molecule has 8 heteroatoms. The number of aromatic nitrogens is 7. The van der Waals surface area contributed by atoms with Crippen molar-refractivity contribution < 1.29 is 4.39 Å². The van der Waals surface area contributed by atoms with Gasteiger partial charge in [-0.05, 0) is 48.4 Å². The number of aromatic amines is 2. The van der Waals surface area contributed by atoms with E-state index in [9.17, 15) is 4.39 Å². The summed E-state index contributed by atoms with van der Waals surface area (Å²) in [6.07, 6.45) is 7.24. The first kappa shape index (κ1) is 18.4. The number of rotatable bonds is 3. The molecule has 0 radical (unpaired) electrons. The maximum atomic E-state index is 14.0. The fraction of sp³-hybridized carbons (Fsp3) is 0.0833. The lowest BCUT2D eigenvalue weighted by molar-refractivity contribution is 0.627. The summed E-state index contributed by atoms with van der Waals surface area (Å²) in [5.41, 5.74) is 8.23. The maximum Gasteiger partial charge on any atom is 0.135 e. The normalized spacial score (nSPS) is 11.6. The van der Waals surface area contributed by atoms with Crippen LogP contribution in [0.15, 0.2) is 61.2 Å². The molecule has 0 bridgehead atoms. The van der Waals surface area contributed by atoms with Gasteiger partial charge in [-0.3, -0.25) is 14.8 Å². The van der Waals surface area contributed by atoms with Gasteiger partial charge < -0.3 is 4.98 Å². The molecule has 2 N–H and O–H groups in total. The minimum Gasteiger partial charge on any atom is -0.352 e. The van der Waals surface area contributed by atoms with Crippen LogP contribution < -0.4 is 0 Å². The molecule has 7 nitrogen and oxygen atoms in total. The second-order valence-electron chi connectivity index (χ2n) is 7.92. The quantitative estimate of drug-likeness (QED) is 0.419. The van der Waals surface area contributed by atoms with E-state index >= 15 is 0 Å². The number of benzene rings is 1. The summed E-state index contributed by atoms with van der Waals surface area (Å²) in [7, 11) is 1.88. The van der Waals surface area contributed by atoms with Crippen molar-refractivity contribution in [3.8, 4) is 33.8 Å². The highest BCUT2D eigenvalue weighted by Crippen LogP contribution is 2.34. The van der Waals surface area contributed by atoms with Crippen LogP contribution in [0.3, 0.4) is 0 Å². The van der Waals surface area contributed by atoms with Crippen LogP contribution in [0.4, 0.5) is 4.39 Å². The summed E-state index contributed by atoms with van der Waals surface area (Å²) in [6.45, 7) is 1.88. The predicted molar refractivity (Wildman–Crippen MR) is 121 cm³/mol. The van der Waals surface area contributed by atoms with Gasteiger partial charge in [0.15, 0.2) is 0 Å². The minimum atomic E-state index is -0.266. The number of H-pyrrole nitrogens is 2. The topological polar surface area (TPSA) is 88.1 Å². The summed E-state index contributed by atoms with van der Waals surface area (Å²) >= 11 is 0. The van der Waals surface area contributed by atoms with E-state index in [-0.39, 0.29) is 5.82 Å². The van der Waals surface area contributed by atoms with E-state index in [1.807, 2.05) is 44.4 Å². The van der Waals surface area contributed by atoms with E-state index in [0.717, 1.165) is 55.6 Å². The highest BCUT2D eigenvalue weighted by Gasteiger charge is 2.16. The van der Waals surface area contributed by atoms with Crippen molar-refractivity contribution in [2.75, 3.05) is 0 Å². The molecule has 0 aliphatic carbocycles. The highest BCUT2D eigenvalue weighted by molar-refractivity contribution is 6.00. The monoisotopic (exact) mass is 423 g/mol.